The summed E-state index contributed by atoms with van der Waals surface area (Å²) in [7, 11) is -2.79. The molecule has 0 aliphatic carbocycles. The van der Waals surface area contributed by atoms with Crippen molar-refractivity contribution in [1.82, 2.24) is 4.31 Å². The number of carbonyl (C=O) groups excluding carboxylic acids is 1. The molecule has 0 aliphatic heterocycles. The molecule has 0 bridgehead atoms. The van der Waals surface area contributed by atoms with Crippen LogP contribution in [0, 0.1) is 17.1 Å². The fourth-order valence-corrected chi connectivity index (χ4v) is 2.55. The van der Waals surface area contributed by atoms with Crippen molar-refractivity contribution < 1.29 is 22.3 Å². The quantitative estimate of drug-likeness (QED) is 0.753. The highest BCUT2D eigenvalue weighted by atomic mass is 32.2. The first-order chi connectivity index (χ1) is 9.32. The summed E-state index contributed by atoms with van der Waals surface area (Å²) in [5, 5.41) is 8.69. The van der Waals surface area contributed by atoms with Gasteiger partial charge < -0.3 is 4.74 Å². The second-order valence-electron chi connectivity index (χ2n) is 3.82. The molecule has 0 saturated heterocycles. The van der Waals surface area contributed by atoms with Gasteiger partial charge in [0, 0.05) is 7.05 Å². The van der Waals surface area contributed by atoms with E-state index in [1.807, 2.05) is 0 Å². The molecule has 108 valence electrons. The molecule has 1 aromatic rings. The Labute approximate surface area is 116 Å². The average Bonchev–Trinajstić information content (AvgIpc) is 2.39. The summed E-state index contributed by atoms with van der Waals surface area (Å²) < 4.78 is 42.9. The van der Waals surface area contributed by atoms with Gasteiger partial charge in [0.05, 0.1) is 17.1 Å². The molecule has 1 aromatic carbocycles. The van der Waals surface area contributed by atoms with Crippen LogP contribution in [0.5, 0.6) is 0 Å². The van der Waals surface area contributed by atoms with Crippen LogP contribution < -0.4 is 0 Å². The van der Waals surface area contributed by atoms with E-state index in [1.54, 1.807) is 13.0 Å². The zero-order chi connectivity index (χ0) is 15.3. The van der Waals surface area contributed by atoms with Crippen LogP contribution in [0.15, 0.2) is 23.1 Å². The summed E-state index contributed by atoms with van der Waals surface area (Å²) in [4.78, 5) is 11.0. The van der Waals surface area contributed by atoms with E-state index in [0.29, 0.717) is 0 Å². The largest absolute Gasteiger partial charge is 0.465 e. The molecule has 0 aromatic heterocycles. The van der Waals surface area contributed by atoms with Crippen molar-refractivity contribution in [3.05, 3.63) is 29.6 Å². The number of nitrogens with zero attached hydrogens (tertiary/aromatic N) is 2. The molecule has 0 N–H and O–H groups in total. The van der Waals surface area contributed by atoms with Gasteiger partial charge >= 0.3 is 5.97 Å². The number of nitriles is 1. The van der Waals surface area contributed by atoms with Gasteiger partial charge in [-0.25, -0.2) is 12.8 Å². The maximum atomic E-state index is 13.2. The summed E-state index contributed by atoms with van der Waals surface area (Å²) in [6.45, 7) is 1.28. The molecule has 0 aliphatic rings. The number of hydrogen-bond donors (Lipinski definition) is 0. The van der Waals surface area contributed by atoms with Gasteiger partial charge in [-0.3, -0.25) is 4.79 Å². The van der Waals surface area contributed by atoms with E-state index in [4.69, 9.17) is 5.26 Å². The molecular weight excluding hydrogens is 287 g/mol. The van der Waals surface area contributed by atoms with Crippen molar-refractivity contribution in [3.8, 4) is 6.07 Å². The molecule has 0 spiro atoms. The molecule has 0 amide bonds. The van der Waals surface area contributed by atoms with Crippen molar-refractivity contribution >= 4 is 16.0 Å². The fourth-order valence-electron chi connectivity index (χ4n) is 1.40. The van der Waals surface area contributed by atoms with Gasteiger partial charge in [0.2, 0.25) is 10.0 Å². The first kappa shape index (κ1) is 16.1. The minimum atomic E-state index is -3.99. The van der Waals surface area contributed by atoms with Crippen LogP contribution >= 0.6 is 0 Å². The summed E-state index contributed by atoms with van der Waals surface area (Å²) in [6.07, 6.45) is 0. The Morgan fingerprint density at radius 3 is 2.70 bits per heavy atom. The Balaban J connectivity index is 3.05. The van der Waals surface area contributed by atoms with E-state index < -0.39 is 28.4 Å². The van der Waals surface area contributed by atoms with Crippen molar-refractivity contribution in [2.45, 2.75) is 11.8 Å². The first-order valence-electron chi connectivity index (χ1n) is 5.64. The van der Waals surface area contributed by atoms with Crippen LogP contribution in [0.1, 0.15) is 12.5 Å². The maximum absolute atomic E-state index is 13.2. The molecule has 0 atom stereocenters. The summed E-state index contributed by atoms with van der Waals surface area (Å²) in [5.41, 5.74) is -0.379. The van der Waals surface area contributed by atoms with E-state index in [9.17, 15) is 17.6 Å². The summed E-state index contributed by atoms with van der Waals surface area (Å²) in [6, 6.07) is 4.41. The fraction of sp³-hybridized carbons (Fsp3) is 0.333. The van der Waals surface area contributed by atoms with Crippen LogP contribution in [-0.2, 0) is 19.6 Å². The van der Waals surface area contributed by atoms with Crippen LogP contribution in [0.3, 0.4) is 0 Å². The van der Waals surface area contributed by atoms with Gasteiger partial charge in [-0.1, -0.05) is 0 Å². The van der Waals surface area contributed by atoms with Crippen molar-refractivity contribution in [3.63, 3.8) is 0 Å². The average molecular weight is 300 g/mol. The van der Waals surface area contributed by atoms with Gasteiger partial charge in [-0.05, 0) is 25.1 Å². The normalized spacial score (nSPS) is 11.2. The summed E-state index contributed by atoms with van der Waals surface area (Å²) in [5.74, 6) is -1.50. The minimum absolute atomic E-state index is 0.141. The molecule has 0 heterocycles. The van der Waals surface area contributed by atoms with E-state index in [1.165, 1.54) is 7.05 Å². The minimum Gasteiger partial charge on any atom is -0.465 e. The topological polar surface area (TPSA) is 87.5 Å². The number of esters is 1. The lowest BCUT2D eigenvalue weighted by Crippen LogP contribution is -2.33. The molecule has 20 heavy (non-hydrogen) atoms. The zero-order valence-electron chi connectivity index (χ0n) is 11.0. The zero-order valence-corrected chi connectivity index (χ0v) is 11.8. The maximum Gasteiger partial charge on any atom is 0.321 e. The van der Waals surface area contributed by atoms with Gasteiger partial charge in [0.1, 0.15) is 18.4 Å². The van der Waals surface area contributed by atoms with Gasteiger partial charge in [0.25, 0.3) is 0 Å². The second kappa shape index (κ2) is 6.45. The molecule has 0 saturated carbocycles. The van der Waals surface area contributed by atoms with Crippen LogP contribution in [0.2, 0.25) is 0 Å². The van der Waals surface area contributed by atoms with Gasteiger partial charge in [-0.15, -0.1) is 0 Å². The number of likely N-dealkylation sites (N-methyl/N-ethyl adjacent to an activating group) is 1. The van der Waals surface area contributed by atoms with Crippen molar-refractivity contribution in [2.24, 2.45) is 0 Å². The molecule has 0 unspecified atom stereocenters. The molecule has 0 radical (unpaired) electrons. The monoisotopic (exact) mass is 300 g/mol. The Morgan fingerprint density at radius 2 is 2.15 bits per heavy atom. The Kier molecular flexibility index (Phi) is 5.19. The van der Waals surface area contributed by atoms with E-state index in [0.717, 1.165) is 22.5 Å². The van der Waals surface area contributed by atoms with E-state index in [-0.39, 0.29) is 17.1 Å². The highest BCUT2D eigenvalue weighted by Crippen LogP contribution is 2.17. The number of ether oxygens (including phenoxy) is 1. The molecule has 6 nitrogen and oxygen atoms in total. The highest BCUT2D eigenvalue weighted by molar-refractivity contribution is 7.89. The molecule has 0 fully saturated rings. The predicted octanol–water partition coefficient (Wildman–Crippen LogP) is 0.881. The molecule has 8 heteroatoms. The second-order valence-corrected chi connectivity index (χ2v) is 5.86. The number of hydrogen-bond acceptors (Lipinski definition) is 5. The lowest BCUT2D eigenvalue weighted by Gasteiger charge is -2.16. The van der Waals surface area contributed by atoms with Crippen LogP contribution in [0.4, 0.5) is 4.39 Å². The smallest absolute Gasteiger partial charge is 0.321 e. The molecule has 1 rings (SSSR count). The third-order valence-electron chi connectivity index (χ3n) is 2.42. The standard InChI is InChI=1S/C12H13FN2O4S/c1-3-19-12(16)8-15(2)20(17,18)10-4-5-11(13)9(6-10)7-14/h4-6H,3,8H2,1-2H3. The highest BCUT2D eigenvalue weighted by Gasteiger charge is 2.24. The van der Waals surface area contributed by atoms with E-state index >= 15 is 0 Å². The van der Waals surface area contributed by atoms with Crippen LogP contribution in [0.25, 0.3) is 0 Å². The third kappa shape index (κ3) is 3.53. The van der Waals surface area contributed by atoms with Gasteiger partial charge in [-0.2, -0.15) is 9.57 Å². The van der Waals surface area contributed by atoms with Crippen molar-refractivity contribution in [1.29, 1.82) is 5.26 Å². The summed E-state index contributed by atoms with van der Waals surface area (Å²) >= 11 is 0. The number of benzene rings is 1. The van der Waals surface area contributed by atoms with E-state index in [2.05, 4.69) is 4.74 Å². The van der Waals surface area contributed by atoms with Gasteiger partial charge in [0.15, 0.2) is 0 Å². The Morgan fingerprint density at radius 1 is 1.50 bits per heavy atom. The SMILES string of the molecule is CCOC(=O)CN(C)S(=O)(=O)c1ccc(F)c(C#N)c1. The third-order valence-corrected chi connectivity index (χ3v) is 4.22. The number of carbonyl (C=O) groups is 1. The Bertz CT molecular complexity index is 652. The lowest BCUT2D eigenvalue weighted by atomic mass is 10.2. The lowest BCUT2D eigenvalue weighted by molar-refractivity contribution is -0.143. The van der Waals surface area contributed by atoms with Crippen molar-refractivity contribution in [2.75, 3.05) is 20.2 Å². The number of rotatable bonds is 5. The van der Waals surface area contributed by atoms with Crippen LogP contribution in [-0.4, -0.2) is 38.9 Å². The number of sulfonamides is 1. The Hall–Kier alpha value is -1.98. The molecular formula is C12H13FN2O4S. The predicted molar refractivity (Wildman–Crippen MR) is 67.6 cm³/mol. The number of halogens is 1. The first-order valence-corrected chi connectivity index (χ1v) is 7.08.